The summed E-state index contributed by atoms with van der Waals surface area (Å²) in [5.74, 6) is 1.46. The standard InChI is InChI=1S/C16H25ClN6O2S/c1-3-9-26-16-21-14(19-6-8-25-4-2)12-11-20-23(15(12)22-16)7-5-18-13(24)10-17/h11H,3-10H2,1-2H3,(H,18,24)(H,19,21,22). The lowest BCUT2D eigenvalue weighted by molar-refractivity contribution is -0.118. The van der Waals surface area contributed by atoms with Crippen LogP contribution in [-0.4, -0.2) is 63.6 Å². The summed E-state index contributed by atoms with van der Waals surface area (Å²) < 4.78 is 7.14. The Morgan fingerprint density at radius 2 is 2.19 bits per heavy atom. The Hall–Kier alpha value is -1.58. The largest absolute Gasteiger partial charge is 0.380 e. The van der Waals surface area contributed by atoms with E-state index in [1.807, 2.05) is 6.92 Å². The van der Waals surface area contributed by atoms with Crippen LogP contribution in [0, 0.1) is 0 Å². The molecule has 2 aromatic rings. The van der Waals surface area contributed by atoms with Crippen LogP contribution >= 0.6 is 23.4 Å². The molecule has 2 aromatic heterocycles. The first-order valence-electron chi connectivity index (χ1n) is 8.70. The Balaban J connectivity index is 2.18. The third-order valence-corrected chi connectivity index (χ3v) is 4.72. The van der Waals surface area contributed by atoms with E-state index in [9.17, 15) is 4.79 Å². The van der Waals surface area contributed by atoms with Crippen molar-refractivity contribution < 1.29 is 9.53 Å². The number of fused-ring (bicyclic) bond motifs is 1. The molecule has 0 fully saturated rings. The molecule has 0 spiro atoms. The number of ether oxygens (including phenoxy) is 1. The van der Waals surface area contributed by atoms with Gasteiger partial charge < -0.3 is 15.4 Å². The Kier molecular flexibility index (Phi) is 8.93. The van der Waals surface area contributed by atoms with Crippen molar-refractivity contribution in [2.45, 2.75) is 32.0 Å². The van der Waals surface area contributed by atoms with E-state index in [2.05, 4.69) is 32.6 Å². The zero-order valence-electron chi connectivity index (χ0n) is 15.1. The average Bonchev–Trinajstić information content (AvgIpc) is 3.06. The molecule has 0 bridgehead atoms. The molecule has 0 aliphatic carbocycles. The predicted octanol–water partition coefficient (Wildman–Crippen LogP) is 2.13. The monoisotopic (exact) mass is 400 g/mol. The number of nitrogens with one attached hydrogen (secondary N) is 2. The lowest BCUT2D eigenvalue weighted by atomic mass is 10.4. The first kappa shape index (κ1) is 20.7. The van der Waals surface area contributed by atoms with Gasteiger partial charge in [-0.05, 0) is 13.3 Å². The Morgan fingerprint density at radius 3 is 2.92 bits per heavy atom. The second-order valence-electron chi connectivity index (χ2n) is 5.42. The van der Waals surface area contributed by atoms with Crippen LogP contribution < -0.4 is 10.6 Å². The molecule has 0 atom stereocenters. The number of amides is 1. The van der Waals surface area contributed by atoms with Gasteiger partial charge in [-0.25, -0.2) is 14.6 Å². The van der Waals surface area contributed by atoms with Crippen LogP contribution in [0.5, 0.6) is 0 Å². The minimum absolute atomic E-state index is 0.0479. The molecule has 0 aliphatic rings. The van der Waals surface area contributed by atoms with Crippen LogP contribution in [0.3, 0.4) is 0 Å². The van der Waals surface area contributed by atoms with Crippen LogP contribution in [0.1, 0.15) is 20.3 Å². The van der Waals surface area contributed by atoms with Gasteiger partial charge in [0.1, 0.15) is 11.7 Å². The third kappa shape index (κ3) is 6.00. The van der Waals surface area contributed by atoms with E-state index in [1.54, 1.807) is 22.6 Å². The van der Waals surface area contributed by atoms with Gasteiger partial charge in [-0.2, -0.15) is 5.10 Å². The van der Waals surface area contributed by atoms with Crippen molar-refractivity contribution in [2.75, 3.05) is 43.3 Å². The second kappa shape index (κ2) is 11.2. The molecule has 8 nitrogen and oxygen atoms in total. The summed E-state index contributed by atoms with van der Waals surface area (Å²) in [6, 6.07) is 0. The molecular weight excluding hydrogens is 376 g/mol. The molecule has 0 aromatic carbocycles. The number of nitrogens with zero attached hydrogens (tertiary/aromatic N) is 4. The number of rotatable bonds is 12. The Bertz CT molecular complexity index is 711. The van der Waals surface area contributed by atoms with E-state index in [-0.39, 0.29) is 11.8 Å². The summed E-state index contributed by atoms with van der Waals surface area (Å²) in [6.45, 7) is 7.00. The number of aromatic nitrogens is 4. The van der Waals surface area contributed by atoms with Crippen molar-refractivity contribution in [3.8, 4) is 0 Å². The van der Waals surface area contributed by atoms with E-state index in [0.29, 0.717) is 38.0 Å². The Labute approximate surface area is 162 Å². The van der Waals surface area contributed by atoms with Gasteiger partial charge >= 0.3 is 0 Å². The van der Waals surface area contributed by atoms with Crippen molar-refractivity contribution in [1.29, 1.82) is 0 Å². The van der Waals surface area contributed by atoms with E-state index >= 15 is 0 Å². The van der Waals surface area contributed by atoms with Gasteiger partial charge in [0, 0.05) is 25.4 Å². The summed E-state index contributed by atoms with van der Waals surface area (Å²) >= 11 is 7.11. The van der Waals surface area contributed by atoms with Crippen molar-refractivity contribution in [2.24, 2.45) is 0 Å². The van der Waals surface area contributed by atoms with Gasteiger partial charge in [0.05, 0.1) is 24.7 Å². The third-order valence-electron chi connectivity index (χ3n) is 3.42. The SMILES string of the molecule is CCCSc1nc(NCCOCC)c2cnn(CCNC(=O)CCl)c2n1. The Morgan fingerprint density at radius 1 is 1.35 bits per heavy atom. The number of anilines is 1. The van der Waals surface area contributed by atoms with Crippen molar-refractivity contribution in [3.05, 3.63) is 6.20 Å². The van der Waals surface area contributed by atoms with Crippen molar-refractivity contribution in [3.63, 3.8) is 0 Å². The lowest BCUT2D eigenvalue weighted by Gasteiger charge is -2.10. The minimum Gasteiger partial charge on any atom is -0.380 e. The van der Waals surface area contributed by atoms with Gasteiger partial charge in [0.25, 0.3) is 0 Å². The molecule has 0 unspecified atom stereocenters. The summed E-state index contributed by atoms with van der Waals surface area (Å²) in [7, 11) is 0. The summed E-state index contributed by atoms with van der Waals surface area (Å²) in [5.41, 5.74) is 0.748. The number of hydrogen-bond donors (Lipinski definition) is 2. The normalized spacial score (nSPS) is 11.0. The first-order chi connectivity index (χ1) is 12.7. The maximum Gasteiger partial charge on any atom is 0.234 e. The number of alkyl halides is 1. The number of thioether (sulfide) groups is 1. The highest BCUT2D eigenvalue weighted by atomic mass is 35.5. The molecule has 0 saturated carbocycles. The van der Waals surface area contributed by atoms with Gasteiger partial charge in [0.15, 0.2) is 10.8 Å². The van der Waals surface area contributed by atoms with Gasteiger partial charge in [-0.15, -0.1) is 11.6 Å². The highest BCUT2D eigenvalue weighted by molar-refractivity contribution is 7.99. The molecule has 2 heterocycles. The maximum absolute atomic E-state index is 11.3. The zero-order valence-corrected chi connectivity index (χ0v) is 16.7. The molecule has 1 amide bonds. The van der Waals surface area contributed by atoms with Crippen molar-refractivity contribution in [1.82, 2.24) is 25.1 Å². The summed E-state index contributed by atoms with van der Waals surface area (Å²) in [5, 5.41) is 12.0. The first-order valence-corrected chi connectivity index (χ1v) is 10.2. The van der Waals surface area contributed by atoms with Gasteiger partial charge in [-0.1, -0.05) is 18.7 Å². The van der Waals surface area contributed by atoms with Gasteiger partial charge in [-0.3, -0.25) is 4.79 Å². The molecule has 144 valence electrons. The number of halogens is 1. The molecule has 10 heteroatoms. The summed E-state index contributed by atoms with van der Waals surface area (Å²) in [6.07, 6.45) is 2.79. The zero-order chi connectivity index (χ0) is 18.8. The van der Waals surface area contributed by atoms with E-state index in [4.69, 9.17) is 16.3 Å². The molecule has 0 radical (unpaired) electrons. The molecule has 2 N–H and O–H groups in total. The fourth-order valence-corrected chi connectivity index (χ4v) is 3.01. The van der Waals surface area contributed by atoms with Crippen LogP contribution in [-0.2, 0) is 16.1 Å². The van der Waals surface area contributed by atoms with E-state index in [1.165, 1.54) is 0 Å². The predicted molar refractivity (Wildman–Crippen MR) is 105 cm³/mol. The smallest absolute Gasteiger partial charge is 0.234 e. The molecule has 0 aliphatic heterocycles. The van der Waals surface area contributed by atoms with E-state index in [0.717, 1.165) is 29.0 Å². The fraction of sp³-hybridized carbons (Fsp3) is 0.625. The molecular formula is C16H25ClN6O2S. The quantitative estimate of drug-likeness (QED) is 0.244. The topological polar surface area (TPSA) is 94.0 Å². The van der Waals surface area contributed by atoms with Crippen LogP contribution in [0.15, 0.2) is 11.4 Å². The molecule has 26 heavy (non-hydrogen) atoms. The number of carbonyl (C=O) groups excluding carboxylic acids is 1. The number of carbonyl (C=O) groups is 1. The number of hydrogen-bond acceptors (Lipinski definition) is 7. The van der Waals surface area contributed by atoms with Crippen molar-refractivity contribution >= 4 is 46.1 Å². The van der Waals surface area contributed by atoms with Crippen LogP contribution in [0.25, 0.3) is 11.0 Å². The average molecular weight is 401 g/mol. The summed E-state index contributed by atoms with van der Waals surface area (Å²) in [4.78, 5) is 20.5. The highest BCUT2D eigenvalue weighted by Crippen LogP contribution is 2.24. The maximum atomic E-state index is 11.3. The van der Waals surface area contributed by atoms with E-state index < -0.39 is 0 Å². The minimum atomic E-state index is -0.199. The van der Waals surface area contributed by atoms with Crippen LogP contribution in [0.4, 0.5) is 5.82 Å². The van der Waals surface area contributed by atoms with Crippen LogP contribution in [0.2, 0.25) is 0 Å². The molecule has 0 saturated heterocycles. The lowest BCUT2D eigenvalue weighted by Crippen LogP contribution is -2.28. The molecule has 2 rings (SSSR count). The highest BCUT2D eigenvalue weighted by Gasteiger charge is 2.13. The van der Waals surface area contributed by atoms with Gasteiger partial charge in [0.2, 0.25) is 5.91 Å². The second-order valence-corrected chi connectivity index (χ2v) is 6.74. The fourth-order valence-electron chi connectivity index (χ4n) is 2.23.